The van der Waals surface area contributed by atoms with Crippen LogP contribution in [0.1, 0.15) is 35.2 Å². The van der Waals surface area contributed by atoms with Gasteiger partial charge < -0.3 is 9.64 Å². The Hall–Kier alpha value is -2.54. The van der Waals surface area contributed by atoms with Crippen molar-refractivity contribution in [2.24, 2.45) is 0 Å². The third-order valence-electron chi connectivity index (χ3n) is 5.45. The Morgan fingerprint density at radius 3 is 2.50 bits per heavy atom. The molecule has 0 unspecified atom stereocenters. The first-order valence-electron chi connectivity index (χ1n) is 9.60. The van der Waals surface area contributed by atoms with Gasteiger partial charge in [0.15, 0.2) is 0 Å². The first-order valence-corrected chi connectivity index (χ1v) is 11.0. The van der Waals surface area contributed by atoms with Gasteiger partial charge in [0.05, 0.1) is 23.3 Å². The fourth-order valence-corrected chi connectivity index (χ4v) is 5.55. The summed E-state index contributed by atoms with van der Waals surface area (Å²) >= 11 is 0. The molecular formula is C21H24N2O4S. The lowest BCUT2D eigenvalue weighted by Crippen LogP contribution is -2.35. The normalized spacial score (nSPS) is 16.8. The van der Waals surface area contributed by atoms with Gasteiger partial charge in [-0.2, -0.15) is 0 Å². The van der Waals surface area contributed by atoms with E-state index in [2.05, 4.69) is 0 Å². The smallest absolute Gasteiger partial charge is 0.264 e. The number of benzene rings is 2. The number of hydrogen-bond acceptors (Lipinski definition) is 4. The molecule has 2 aliphatic rings. The second-order valence-electron chi connectivity index (χ2n) is 7.17. The standard InChI is InChI=1S/C21H24N2O4S/c1-27-20-11-10-17(15-18(20)21(24)22-12-4-5-13-22)28(25,26)23-14-6-8-16-7-2-3-9-19(16)23/h2-3,7,9-11,15H,4-6,8,12-14H2,1H3. The van der Waals surface area contributed by atoms with Crippen LogP contribution in [-0.4, -0.2) is 46.0 Å². The second kappa shape index (κ2) is 7.47. The van der Waals surface area contributed by atoms with Gasteiger partial charge in [0.2, 0.25) is 0 Å². The minimum atomic E-state index is -3.77. The van der Waals surface area contributed by atoms with E-state index < -0.39 is 10.0 Å². The van der Waals surface area contributed by atoms with Gasteiger partial charge in [0.1, 0.15) is 5.75 Å². The summed E-state index contributed by atoms with van der Waals surface area (Å²) in [6, 6.07) is 12.1. The molecule has 0 bridgehead atoms. The fraction of sp³-hybridized carbons (Fsp3) is 0.381. The molecule has 0 spiro atoms. The predicted octanol–water partition coefficient (Wildman–Crippen LogP) is 3.07. The number of methoxy groups -OCH3 is 1. The Morgan fingerprint density at radius 2 is 1.75 bits per heavy atom. The Balaban J connectivity index is 1.75. The summed E-state index contributed by atoms with van der Waals surface area (Å²) in [7, 11) is -2.28. The molecule has 1 saturated heterocycles. The summed E-state index contributed by atoms with van der Waals surface area (Å²) in [4.78, 5) is 14.8. The molecule has 2 aliphatic heterocycles. The molecule has 7 heteroatoms. The molecule has 2 heterocycles. The highest BCUT2D eigenvalue weighted by Crippen LogP contribution is 2.33. The number of sulfonamides is 1. The highest BCUT2D eigenvalue weighted by atomic mass is 32.2. The maximum Gasteiger partial charge on any atom is 0.264 e. The largest absolute Gasteiger partial charge is 0.496 e. The predicted molar refractivity (Wildman–Crippen MR) is 107 cm³/mol. The van der Waals surface area contributed by atoms with Crippen LogP contribution >= 0.6 is 0 Å². The van der Waals surface area contributed by atoms with Crippen molar-refractivity contribution in [2.45, 2.75) is 30.6 Å². The van der Waals surface area contributed by atoms with Crippen molar-refractivity contribution in [3.63, 3.8) is 0 Å². The van der Waals surface area contributed by atoms with Crippen LogP contribution in [0.3, 0.4) is 0 Å². The van der Waals surface area contributed by atoms with Gasteiger partial charge in [-0.15, -0.1) is 0 Å². The summed E-state index contributed by atoms with van der Waals surface area (Å²) in [6.07, 6.45) is 3.57. The van der Waals surface area contributed by atoms with Crippen LogP contribution in [0.15, 0.2) is 47.4 Å². The molecule has 4 rings (SSSR count). The number of anilines is 1. The summed E-state index contributed by atoms with van der Waals surface area (Å²) in [5.74, 6) is 0.223. The van der Waals surface area contributed by atoms with Crippen molar-refractivity contribution in [1.82, 2.24) is 4.90 Å². The Morgan fingerprint density at radius 1 is 1.00 bits per heavy atom. The molecule has 0 atom stereocenters. The van der Waals surface area contributed by atoms with E-state index in [1.165, 1.54) is 23.5 Å². The van der Waals surface area contributed by atoms with Gasteiger partial charge >= 0.3 is 0 Å². The number of aryl methyl sites for hydroxylation is 1. The van der Waals surface area contributed by atoms with E-state index in [4.69, 9.17) is 4.74 Å². The lowest BCUT2D eigenvalue weighted by molar-refractivity contribution is 0.0789. The van der Waals surface area contributed by atoms with Gasteiger partial charge in [0.25, 0.3) is 15.9 Å². The number of fused-ring (bicyclic) bond motifs is 1. The van der Waals surface area contributed by atoms with Crippen molar-refractivity contribution >= 4 is 21.6 Å². The molecule has 148 valence electrons. The molecule has 2 aromatic carbocycles. The van der Waals surface area contributed by atoms with Crippen molar-refractivity contribution in [2.75, 3.05) is 31.0 Å². The van der Waals surface area contributed by atoms with Crippen LogP contribution in [0, 0.1) is 0 Å². The molecule has 0 radical (unpaired) electrons. The summed E-state index contributed by atoms with van der Waals surface area (Å²) in [6.45, 7) is 1.82. The number of likely N-dealkylation sites (tertiary alicyclic amines) is 1. The molecule has 6 nitrogen and oxygen atoms in total. The van der Waals surface area contributed by atoms with E-state index in [1.807, 2.05) is 24.3 Å². The van der Waals surface area contributed by atoms with Crippen molar-refractivity contribution < 1.29 is 17.9 Å². The summed E-state index contributed by atoms with van der Waals surface area (Å²) in [5, 5.41) is 0. The third-order valence-corrected chi connectivity index (χ3v) is 7.26. The van der Waals surface area contributed by atoms with Gasteiger partial charge in [-0.05, 0) is 55.5 Å². The zero-order chi connectivity index (χ0) is 19.7. The van der Waals surface area contributed by atoms with Gasteiger partial charge in [-0.1, -0.05) is 18.2 Å². The molecule has 2 aromatic rings. The van der Waals surface area contributed by atoms with E-state index in [-0.39, 0.29) is 10.8 Å². The van der Waals surface area contributed by atoms with E-state index in [1.54, 1.807) is 11.0 Å². The topological polar surface area (TPSA) is 66.9 Å². The lowest BCUT2D eigenvalue weighted by atomic mass is 10.0. The number of carbonyl (C=O) groups is 1. The van der Waals surface area contributed by atoms with Crippen LogP contribution in [-0.2, 0) is 16.4 Å². The minimum Gasteiger partial charge on any atom is -0.496 e. The Bertz CT molecular complexity index is 997. The van der Waals surface area contributed by atoms with Gasteiger partial charge in [-0.25, -0.2) is 8.42 Å². The number of carbonyl (C=O) groups excluding carboxylic acids is 1. The quantitative estimate of drug-likeness (QED) is 0.791. The number of nitrogens with zero attached hydrogens (tertiary/aromatic N) is 2. The summed E-state index contributed by atoms with van der Waals surface area (Å²) < 4.78 is 33.6. The van der Waals surface area contributed by atoms with E-state index in [9.17, 15) is 13.2 Å². The highest BCUT2D eigenvalue weighted by Gasteiger charge is 2.31. The molecule has 0 aliphatic carbocycles. The van der Waals surface area contributed by atoms with E-state index in [0.717, 1.165) is 36.9 Å². The average Bonchev–Trinajstić information content (AvgIpc) is 3.27. The van der Waals surface area contributed by atoms with E-state index in [0.29, 0.717) is 30.9 Å². The summed E-state index contributed by atoms with van der Waals surface area (Å²) in [5.41, 5.74) is 2.05. The monoisotopic (exact) mass is 400 g/mol. The molecule has 0 aromatic heterocycles. The maximum atomic E-state index is 13.4. The first-order chi connectivity index (χ1) is 13.5. The number of para-hydroxylation sites is 1. The van der Waals surface area contributed by atoms with Crippen molar-refractivity contribution in [1.29, 1.82) is 0 Å². The van der Waals surface area contributed by atoms with Crippen LogP contribution in [0.5, 0.6) is 5.75 Å². The Labute approximate surface area is 165 Å². The number of ether oxygens (including phenoxy) is 1. The maximum absolute atomic E-state index is 13.4. The molecule has 0 N–H and O–H groups in total. The van der Waals surface area contributed by atoms with Crippen molar-refractivity contribution in [3.8, 4) is 5.75 Å². The minimum absolute atomic E-state index is 0.118. The number of hydrogen-bond donors (Lipinski definition) is 0. The SMILES string of the molecule is COc1ccc(S(=O)(=O)N2CCCc3ccccc32)cc1C(=O)N1CCCC1. The molecule has 28 heavy (non-hydrogen) atoms. The molecular weight excluding hydrogens is 376 g/mol. The van der Waals surface area contributed by atoms with Crippen LogP contribution < -0.4 is 9.04 Å². The molecule has 0 saturated carbocycles. The van der Waals surface area contributed by atoms with Crippen LogP contribution in [0.2, 0.25) is 0 Å². The lowest BCUT2D eigenvalue weighted by Gasteiger charge is -2.30. The number of amides is 1. The second-order valence-corrected chi connectivity index (χ2v) is 9.03. The number of rotatable bonds is 4. The van der Waals surface area contributed by atoms with E-state index >= 15 is 0 Å². The van der Waals surface area contributed by atoms with Crippen LogP contribution in [0.25, 0.3) is 0 Å². The van der Waals surface area contributed by atoms with Gasteiger partial charge in [0, 0.05) is 19.6 Å². The third kappa shape index (κ3) is 3.24. The average molecular weight is 401 g/mol. The Kier molecular flexibility index (Phi) is 5.02. The fourth-order valence-electron chi connectivity index (χ4n) is 3.98. The van der Waals surface area contributed by atoms with Crippen LogP contribution in [0.4, 0.5) is 5.69 Å². The highest BCUT2D eigenvalue weighted by molar-refractivity contribution is 7.92. The zero-order valence-corrected chi connectivity index (χ0v) is 16.7. The zero-order valence-electron chi connectivity index (χ0n) is 15.9. The van der Waals surface area contributed by atoms with Gasteiger partial charge in [-0.3, -0.25) is 9.10 Å². The van der Waals surface area contributed by atoms with Crippen molar-refractivity contribution in [3.05, 3.63) is 53.6 Å². The first kappa shape index (κ1) is 18.8. The molecule has 1 fully saturated rings. The molecule has 1 amide bonds.